The maximum Gasteiger partial charge on any atom is 0.218 e. The lowest BCUT2D eigenvalue weighted by Gasteiger charge is -1.99. The number of oxime groups is 1. The van der Waals surface area contributed by atoms with E-state index in [0.29, 0.717) is 5.82 Å². The van der Waals surface area contributed by atoms with Crippen molar-refractivity contribution in [3.8, 4) is 0 Å². The molecule has 2 heterocycles. The van der Waals surface area contributed by atoms with Gasteiger partial charge in [0.15, 0.2) is 6.10 Å². The van der Waals surface area contributed by atoms with Gasteiger partial charge in [-0.25, -0.2) is 0 Å². The number of nitrogens with one attached hydrogen (secondary N) is 1. The largest absolute Gasteiger partial charge is 0.384 e. The van der Waals surface area contributed by atoms with Gasteiger partial charge in [0.05, 0.1) is 5.71 Å². The first kappa shape index (κ1) is 7.20. The molecular formula is C6H9N5O. The van der Waals surface area contributed by atoms with Gasteiger partial charge >= 0.3 is 0 Å². The molecule has 0 radical (unpaired) electrons. The number of H-pyrrole nitrogens is 1. The van der Waals surface area contributed by atoms with Crippen LogP contribution in [0.3, 0.4) is 0 Å². The Morgan fingerprint density at radius 2 is 2.58 bits per heavy atom. The molecule has 0 fully saturated rings. The molecule has 0 amide bonds. The topological polar surface area (TPSA) is 76.1 Å². The highest BCUT2D eigenvalue weighted by molar-refractivity contribution is 5.85. The van der Waals surface area contributed by atoms with E-state index < -0.39 is 0 Å². The fourth-order valence-corrected chi connectivity index (χ4v) is 1.08. The zero-order chi connectivity index (χ0) is 8.39. The molecule has 1 aliphatic rings. The minimum absolute atomic E-state index is 0.140. The Morgan fingerprint density at radius 3 is 3.17 bits per heavy atom. The molecule has 0 saturated carbocycles. The molecule has 64 valence electrons. The molecule has 1 unspecified atom stereocenters. The number of hydrogen-bond acceptors (Lipinski definition) is 5. The van der Waals surface area contributed by atoms with Crippen molar-refractivity contribution in [3.63, 3.8) is 0 Å². The van der Waals surface area contributed by atoms with E-state index in [1.165, 1.54) is 0 Å². The van der Waals surface area contributed by atoms with E-state index in [0.717, 1.165) is 18.6 Å². The third-order valence-electron chi connectivity index (χ3n) is 1.79. The highest BCUT2D eigenvalue weighted by Crippen LogP contribution is 2.24. The summed E-state index contributed by atoms with van der Waals surface area (Å²) in [7, 11) is 0. The summed E-state index contributed by atoms with van der Waals surface area (Å²) in [5.41, 5.74) is 1.05. The lowest BCUT2D eigenvalue weighted by Crippen LogP contribution is -2.01. The molecule has 1 aromatic rings. The van der Waals surface area contributed by atoms with Crippen LogP contribution in [-0.2, 0) is 4.84 Å². The van der Waals surface area contributed by atoms with Crippen LogP contribution in [-0.4, -0.2) is 26.3 Å². The number of aromatic nitrogens is 4. The zero-order valence-electron chi connectivity index (χ0n) is 6.69. The average molecular weight is 167 g/mol. The normalized spacial score (nSPS) is 22.1. The van der Waals surface area contributed by atoms with Gasteiger partial charge in [0.1, 0.15) is 0 Å². The Labute approximate surface area is 69.0 Å². The van der Waals surface area contributed by atoms with E-state index in [2.05, 4.69) is 25.8 Å². The first-order valence-electron chi connectivity index (χ1n) is 3.85. The van der Waals surface area contributed by atoms with E-state index in [9.17, 15) is 0 Å². The SMILES string of the molecule is CCC1=NOC(c2nn[nH]n2)C1. The fourth-order valence-electron chi connectivity index (χ4n) is 1.08. The van der Waals surface area contributed by atoms with Gasteiger partial charge in [-0.1, -0.05) is 17.3 Å². The number of hydrogen-bond donors (Lipinski definition) is 1. The van der Waals surface area contributed by atoms with Crippen molar-refractivity contribution in [2.45, 2.75) is 25.9 Å². The highest BCUT2D eigenvalue weighted by atomic mass is 16.6. The molecule has 6 heteroatoms. The summed E-state index contributed by atoms with van der Waals surface area (Å²) in [4.78, 5) is 5.10. The van der Waals surface area contributed by atoms with Crippen LogP contribution in [0.2, 0.25) is 0 Å². The fraction of sp³-hybridized carbons (Fsp3) is 0.667. The molecule has 12 heavy (non-hydrogen) atoms. The average Bonchev–Trinajstić information content (AvgIpc) is 2.75. The van der Waals surface area contributed by atoms with Gasteiger partial charge in [0.2, 0.25) is 5.82 Å². The van der Waals surface area contributed by atoms with E-state index in [4.69, 9.17) is 4.84 Å². The van der Waals surface area contributed by atoms with Crippen LogP contribution in [0.5, 0.6) is 0 Å². The number of aromatic amines is 1. The van der Waals surface area contributed by atoms with Crippen molar-refractivity contribution < 1.29 is 4.84 Å². The van der Waals surface area contributed by atoms with Crippen molar-refractivity contribution >= 4 is 5.71 Å². The van der Waals surface area contributed by atoms with Crippen LogP contribution in [0.25, 0.3) is 0 Å². The predicted octanol–water partition coefficient (Wildman–Crippen LogP) is 0.427. The van der Waals surface area contributed by atoms with Crippen molar-refractivity contribution in [2.24, 2.45) is 5.16 Å². The molecule has 1 aromatic heterocycles. The lowest BCUT2D eigenvalue weighted by molar-refractivity contribution is 0.0791. The monoisotopic (exact) mass is 167 g/mol. The Kier molecular flexibility index (Phi) is 1.73. The van der Waals surface area contributed by atoms with Crippen LogP contribution >= 0.6 is 0 Å². The highest BCUT2D eigenvalue weighted by Gasteiger charge is 2.25. The number of tetrazole rings is 1. The minimum Gasteiger partial charge on any atom is -0.384 e. The van der Waals surface area contributed by atoms with Crippen LogP contribution in [0.15, 0.2) is 5.16 Å². The van der Waals surface area contributed by atoms with Gasteiger partial charge in [-0.15, -0.1) is 10.2 Å². The molecular weight excluding hydrogens is 158 g/mol. The van der Waals surface area contributed by atoms with Crippen LogP contribution in [0.4, 0.5) is 0 Å². The van der Waals surface area contributed by atoms with Gasteiger partial charge in [-0.3, -0.25) is 0 Å². The first-order valence-corrected chi connectivity index (χ1v) is 3.85. The molecule has 0 aromatic carbocycles. The van der Waals surface area contributed by atoms with Crippen LogP contribution in [0.1, 0.15) is 31.7 Å². The maximum atomic E-state index is 5.10. The Morgan fingerprint density at radius 1 is 1.67 bits per heavy atom. The Balaban J connectivity index is 2.04. The Hall–Kier alpha value is -1.46. The van der Waals surface area contributed by atoms with Gasteiger partial charge in [-0.2, -0.15) is 5.21 Å². The second-order valence-corrected chi connectivity index (χ2v) is 2.58. The van der Waals surface area contributed by atoms with E-state index >= 15 is 0 Å². The van der Waals surface area contributed by atoms with Gasteiger partial charge in [0.25, 0.3) is 0 Å². The second-order valence-electron chi connectivity index (χ2n) is 2.58. The van der Waals surface area contributed by atoms with Crippen molar-refractivity contribution in [1.29, 1.82) is 0 Å². The van der Waals surface area contributed by atoms with E-state index in [1.54, 1.807) is 0 Å². The van der Waals surface area contributed by atoms with Crippen LogP contribution < -0.4 is 0 Å². The summed E-state index contributed by atoms with van der Waals surface area (Å²) < 4.78 is 0. The molecule has 1 N–H and O–H groups in total. The number of nitrogens with zero attached hydrogens (tertiary/aromatic N) is 4. The predicted molar refractivity (Wildman–Crippen MR) is 40.3 cm³/mol. The summed E-state index contributed by atoms with van der Waals surface area (Å²) in [6.45, 7) is 2.04. The standard InChI is InChI=1S/C6H9N5O/c1-2-4-3-5(12-9-4)6-7-10-11-8-6/h5H,2-3H2,1H3,(H,7,8,10,11). The van der Waals surface area contributed by atoms with Gasteiger partial charge in [0, 0.05) is 6.42 Å². The van der Waals surface area contributed by atoms with Gasteiger partial charge < -0.3 is 4.84 Å². The quantitative estimate of drug-likeness (QED) is 0.692. The lowest BCUT2D eigenvalue weighted by atomic mass is 10.1. The van der Waals surface area contributed by atoms with Crippen molar-refractivity contribution in [3.05, 3.63) is 5.82 Å². The maximum absolute atomic E-state index is 5.10. The van der Waals surface area contributed by atoms with Gasteiger partial charge in [-0.05, 0) is 6.42 Å². The molecule has 1 aliphatic heterocycles. The third kappa shape index (κ3) is 1.15. The third-order valence-corrected chi connectivity index (χ3v) is 1.79. The summed E-state index contributed by atoms with van der Waals surface area (Å²) in [6.07, 6.45) is 1.54. The molecule has 0 aliphatic carbocycles. The van der Waals surface area contributed by atoms with Crippen molar-refractivity contribution in [2.75, 3.05) is 0 Å². The molecule has 2 rings (SSSR count). The smallest absolute Gasteiger partial charge is 0.218 e. The summed E-state index contributed by atoms with van der Waals surface area (Å²) in [5, 5.41) is 17.4. The second kappa shape index (κ2) is 2.88. The van der Waals surface area contributed by atoms with Crippen LogP contribution in [0, 0.1) is 0 Å². The zero-order valence-corrected chi connectivity index (χ0v) is 6.69. The van der Waals surface area contributed by atoms with E-state index in [-0.39, 0.29) is 6.10 Å². The number of rotatable bonds is 2. The van der Waals surface area contributed by atoms with E-state index in [1.807, 2.05) is 6.92 Å². The molecule has 0 bridgehead atoms. The molecule has 1 atom stereocenters. The minimum atomic E-state index is -0.140. The Bertz CT molecular complexity index is 280. The molecule has 0 saturated heterocycles. The first-order chi connectivity index (χ1) is 5.90. The summed E-state index contributed by atoms with van der Waals surface area (Å²) in [6, 6.07) is 0. The van der Waals surface area contributed by atoms with Crippen molar-refractivity contribution in [1.82, 2.24) is 20.6 Å². The summed E-state index contributed by atoms with van der Waals surface area (Å²) >= 11 is 0. The molecule has 6 nitrogen and oxygen atoms in total. The summed E-state index contributed by atoms with van der Waals surface area (Å²) in [5.74, 6) is 0.571. The molecule has 0 spiro atoms.